The molecule has 2 aliphatic heterocycles. The monoisotopic (exact) mass is 1020 g/mol. The largest absolute Gasteiger partial charge is 0.490 e. The molecule has 2 amide bonds. The van der Waals surface area contributed by atoms with Crippen molar-refractivity contribution in [2.75, 3.05) is 62.2 Å². The van der Waals surface area contributed by atoms with E-state index in [1.54, 1.807) is 45.0 Å². The third-order valence-corrected chi connectivity index (χ3v) is 11.8. The van der Waals surface area contributed by atoms with Crippen LogP contribution >= 0.6 is 15.9 Å². The van der Waals surface area contributed by atoms with Crippen LogP contribution in [0.15, 0.2) is 70.2 Å². The fraction of sp³-hybridized carbons (Fsp3) is 0.413. The molecule has 1 saturated carbocycles. The third-order valence-electron chi connectivity index (χ3n) is 11.4. The zero-order valence-corrected chi connectivity index (χ0v) is 38.6. The lowest BCUT2D eigenvalue weighted by molar-refractivity contribution is -0.138. The van der Waals surface area contributed by atoms with Crippen molar-refractivity contribution in [2.24, 2.45) is 0 Å². The highest BCUT2D eigenvalue weighted by atomic mass is 79.9. The first-order chi connectivity index (χ1) is 32.1. The summed E-state index contributed by atoms with van der Waals surface area (Å²) < 4.78 is 107. The van der Waals surface area contributed by atoms with E-state index in [0.717, 1.165) is 37.6 Å². The van der Waals surface area contributed by atoms with Crippen LogP contribution in [0.1, 0.15) is 78.3 Å². The molecule has 3 fully saturated rings. The van der Waals surface area contributed by atoms with Gasteiger partial charge in [-0.2, -0.15) is 36.7 Å². The highest BCUT2D eigenvalue weighted by molar-refractivity contribution is 9.10. The second kappa shape index (κ2) is 20.0. The van der Waals surface area contributed by atoms with Gasteiger partial charge in [0.1, 0.15) is 34.9 Å². The second-order valence-corrected chi connectivity index (χ2v) is 18.2. The SMILES string of the molecule is CC(C)(C)OC(=O)N1CCN(c2ncc(Br)cc2C(F)(F)F)CC1.N#Cc1cnc(N2CCN(C(=O)c3cc(Cc4n[nH]c(=O)c5ccc(OC6CCC6)cc45)ccc3F)CC2)c(C(F)(F)F)c1. The molecule has 3 aliphatic rings. The molecular weight excluding hydrogens is 971 g/mol. The minimum atomic E-state index is -4.72. The first kappa shape index (κ1) is 49.4. The first-order valence-electron chi connectivity index (χ1n) is 21.5. The molecule has 68 heavy (non-hydrogen) atoms. The number of nitriles is 1. The summed E-state index contributed by atoms with van der Waals surface area (Å²) in [4.78, 5) is 51.4. The maximum absolute atomic E-state index is 14.9. The van der Waals surface area contributed by atoms with Crippen LogP contribution in [0, 0.1) is 17.1 Å². The van der Waals surface area contributed by atoms with E-state index >= 15 is 0 Å². The smallest absolute Gasteiger partial charge is 0.420 e. The fourth-order valence-electron chi connectivity index (χ4n) is 7.72. The number of aromatic amines is 1. The first-order valence-corrected chi connectivity index (χ1v) is 22.3. The van der Waals surface area contributed by atoms with Crippen LogP contribution in [0.3, 0.4) is 0 Å². The van der Waals surface area contributed by atoms with Gasteiger partial charge >= 0.3 is 18.4 Å². The Hall–Kier alpha value is -6.50. The normalized spacial score (nSPS) is 15.9. The minimum absolute atomic E-state index is 0.0353. The Morgan fingerprint density at radius 1 is 0.809 bits per heavy atom. The van der Waals surface area contributed by atoms with Crippen molar-refractivity contribution >= 4 is 50.3 Å². The lowest BCUT2D eigenvalue weighted by atomic mass is 9.96. The highest BCUT2D eigenvalue weighted by Crippen LogP contribution is 2.38. The Morgan fingerprint density at radius 2 is 1.41 bits per heavy atom. The molecule has 8 rings (SSSR count). The van der Waals surface area contributed by atoms with Gasteiger partial charge in [-0.25, -0.2) is 24.3 Å². The van der Waals surface area contributed by atoms with Crippen LogP contribution in [-0.2, 0) is 23.5 Å². The van der Waals surface area contributed by atoms with E-state index in [-0.39, 0.29) is 97.7 Å². The summed E-state index contributed by atoms with van der Waals surface area (Å²) in [5, 5.41) is 16.7. The Labute approximate surface area is 393 Å². The summed E-state index contributed by atoms with van der Waals surface area (Å²) in [7, 11) is 0. The number of hydrogen-bond donors (Lipinski definition) is 1. The summed E-state index contributed by atoms with van der Waals surface area (Å²) >= 11 is 3.02. The number of pyridine rings is 2. The number of amides is 2. The summed E-state index contributed by atoms with van der Waals surface area (Å²) in [5.41, 5.74) is -2.06. The van der Waals surface area contributed by atoms with Crippen LogP contribution in [-0.4, -0.2) is 106 Å². The van der Waals surface area contributed by atoms with Crippen molar-refractivity contribution in [3.05, 3.63) is 115 Å². The van der Waals surface area contributed by atoms with E-state index in [1.165, 1.54) is 44.0 Å². The van der Waals surface area contributed by atoms with E-state index in [0.29, 0.717) is 27.8 Å². The number of alkyl halides is 6. The number of aromatic nitrogens is 4. The van der Waals surface area contributed by atoms with E-state index in [1.807, 2.05) is 0 Å². The van der Waals surface area contributed by atoms with E-state index in [4.69, 9.17) is 14.7 Å². The number of ether oxygens (including phenoxy) is 2. The quantitative estimate of drug-likeness (QED) is 0.155. The number of benzene rings is 2. The van der Waals surface area contributed by atoms with Gasteiger partial charge in [0.15, 0.2) is 0 Å². The van der Waals surface area contributed by atoms with Gasteiger partial charge in [0.05, 0.1) is 39.4 Å². The number of nitrogens with one attached hydrogen (secondary N) is 1. The molecular formula is C46H45BrF7N9O5. The average molecular weight is 1020 g/mol. The molecule has 0 bridgehead atoms. The van der Waals surface area contributed by atoms with Gasteiger partial charge in [0, 0.05) is 81.0 Å². The molecule has 1 aliphatic carbocycles. The number of halogens is 8. The molecule has 0 atom stereocenters. The lowest BCUT2D eigenvalue weighted by Crippen LogP contribution is -2.50. The number of rotatable bonds is 7. The van der Waals surface area contributed by atoms with Crippen LogP contribution in [0.5, 0.6) is 5.75 Å². The fourth-order valence-corrected chi connectivity index (χ4v) is 8.05. The number of nitrogens with zero attached hydrogens (tertiary/aromatic N) is 8. The van der Waals surface area contributed by atoms with Crippen molar-refractivity contribution in [1.82, 2.24) is 30.0 Å². The van der Waals surface area contributed by atoms with Crippen molar-refractivity contribution < 1.29 is 49.8 Å². The van der Waals surface area contributed by atoms with E-state index in [9.17, 15) is 45.1 Å². The number of hydrogen-bond acceptors (Lipinski definition) is 11. The Kier molecular flexibility index (Phi) is 14.5. The number of piperazine rings is 2. The molecule has 2 aromatic carbocycles. The molecule has 22 heteroatoms. The zero-order chi connectivity index (χ0) is 49.1. The highest BCUT2D eigenvalue weighted by Gasteiger charge is 2.39. The number of fused-ring (bicyclic) bond motifs is 1. The van der Waals surface area contributed by atoms with Gasteiger partial charge in [0.25, 0.3) is 11.5 Å². The number of carbonyl (C=O) groups is 2. The molecule has 0 radical (unpaired) electrons. The average Bonchev–Trinajstić information content (AvgIpc) is 3.28. The molecule has 0 spiro atoms. The maximum atomic E-state index is 14.9. The Balaban J connectivity index is 0.000000241. The van der Waals surface area contributed by atoms with Crippen LogP contribution < -0.4 is 20.1 Å². The molecule has 3 aromatic heterocycles. The van der Waals surface area contributed by atoms with Gasteiger partial charge in [-0.15, -0.1) is 0 Å². The van der Waals surface area contributed by atoms with Crippen LogP contribution in [0.2, 0.25) is 0 Å². The topological polar surface area (TPSA) is 161 Å². The standard InChI is InChI=1S/C31H26F4N6O3.C15H19BrF3N3O2/c32-26-7-4-18(14-27-23-15-21(44-20-2-1-3-20)5-6-22(23)29(42)39-38-27)12-24(26)30(43)41-10-8-40(9-11-41)28-25(31(33,34)35)13-19(16-36)17-37-28;1-14(2,3)24-13(23)22-6-4-21(5-7-22)12-11(15(17,18)19)8-10(16)9-20-12/h4-7,12-13,15,17,20H,1-3,8-11,14H2,(H,39,42);8-9H,4-7H2,1-3H3. The number of H-pyrrole nitrogens is 1. The molecule has 14 nitrogen and oxygen atoms in total. The predicted octanol–water partition coefficient (Wildman–Crippen LogP) is 8.75. The predicted molar refractivity (Wildman–Crippen MR) is 239 cm³/mol. The van der Waals surface area contributed by atoms with Crippen molar-refractivity contribution in [1.29, 1.82) is 5.26 Å². The summed E-state index contributed by atoms with van der Waals surface area (Å²) in [6.07, 6.45) is -3.86. The Morgan fingerprint density at radius 3 is 1.99 bits per heavy atom. The molecule has 1 N–H and O–H groups in total. The minimum Gasteiger partial charge on any atom is -0.490 e. The zero-order valence-electron chi connectivity index (χ0n) is 37.0. The van der Waals surface area contributed by atoms with Crippen molar-refractivity contribution in [3.63, 3.8) is 0 Å². The summed E-state index contributed by atoms with van der Waals surface area (Å²) in [6, 6.07) is 12.8. The summed E-state index contributed by atoms with van der Waals surface area (Å²) in [5.74, 6) is -1.13. The van der Waals surface area contributed by atoms with Crippen molar-refractivity contribution in [2.45, 2.75) is 70.5 Å². The Bertz CT molecular complexity index is 2770. The number of anilines is 2. The van der Waals surface area contributed by atoms with Crippen LogP contribution in [0.25, 0.3) is 10.8 Å². The number of carbonyl (C=O) groups excluding carboxylic acids is 2. The lowest BCUT2D eigenvalue weighted by Gasteiger charge is -2.36. The van der Waals surface area contributed by atoms with E-state index < -0.39 is 46.9 Å². The summed E-state index contributed by atoms with van der Waals surface area (Å²) in [6.45, 7) is 6.53. The van der Waals surface area contributed by atoms with Crippen molar-refractivity contribution in [3.8, 4) is 11.8 Å². The van der Waals surface area contributed by atoms with Gasteiger partial charge in [0.2, 0.25) is 0 Å². The molecule has 5 aromatic rings. The molecule has 2 saturated heterocycles. The van der Waals surface area contributed by atoms with Crippen LogP contribution in [0.4, 0.5) is 47.2 Å². The maximum Gasteiger partial charge on any atom is 0.420 e. The second-order valence-electron chi connectivity index (χ2n) is 17.3. The van der Waals surface area contributed by atoms with Gasteiger partial charge in [-0.1, -0.05) is 6.07 Å². The van der Waals surface area contributed by atoms with E-state index in [2.05, 4.69) is 36.1 Å². The van der Waals surface area contributed by atoms with Gasteiger partial charge < -0.3 is 29.1 Å². The van der Waals surface area contributed by atoms with Gasteiger partial charge in [-0.3, -0.25) is 9.59 Å². The third kappa shape index (κ3) is 11.8. The molecule has 360 valence electrons. The molecule has 5 heterocycles. The van der Waals surface area contributed by atoms with Gasteiger partial charge in [-0.05, 0) is 104 Å². The molecule has 0 unspecified atom stereocenters.